The Morgan fingerprint density at radius 2 is 1.73 bits per heavy atom. The van der Waals surface area contributed by atoms with Crippen LogP contribution in [0.1, 0.15) is 11.1 Å². The molecule has 3 N–H and O–H groups in total. The number of phenolic OH excluding ortho intramolecular Hbond substituents is 1. The summed E-state index contributed by atoms with van der Waals surface area (Å²) in [5.41, 5.74) is 1.07. The van der Waals surface area contributed by atoms with Crippen molar-refractivity contribution in [2.45, 2.75) is 6.18 Å². The lowest BCUT2D eigenvalue weighted by molar-refractivity contribution is -0.137. The first-order valence-corrected chi connectivity index (χ1v) is 7.35. The molecule has 2 aromatic carbocycles. The van der Waals surface area contributed by atoms with Gasteiger partial charge in [-0.05, 0) is 48.0 Å². The predicted octanol–water partition coefficient (Wildman–Crippen LogP) is 3.15. The van der Waals surface area contributed by atoms with Crippen LogP contribution in [-0.2, 0) is 15.8 Å². The Morgan fingerprint density at radius 3 is 2.35 bits per heavy atom. The van der Waals surface area contributed by atoms with Gasteiger partial charge in [0.2, 0.25) is 0 Å². The third-order valence-electron chi connectivity index (χ3n) is 3.02. The maximum absolute atomic E-state index is 12.7. The van der Waals surface area contributed by atoms with E-state index in [9.17, 15) is 22.8 Å². The molecule has 26 heavy (non-hydrogen) atoms. The number of nitrogens with one attached hydrogen (secondary N) is 2. The van der Waals surface area contributed by atoms with Gasteiger partial charge in [-0.3, -0.25) is 9.59 Å². The van der Waals surface area contributed by atoms with Gasteiger partial charge >= 0.3 is 18.0 Å². The van der Waals surface area contributed by atoms with Gasteiger partial charge < -0.3 is 10.4 Å². The molecule has 0 aliphatic carbocycles. The average Bonchev–Trinajstić information content (AvgIpc) is 2.57. The number of phenols is 1. The monoisotopic (exact) mass is 385 g/mol. The number of aromatic hydroxyl groups is 1. The zero-order valence-electron chi connectivity index (χ0n) is 12.8. The van der Waals surface area contributed by atoms with E-state index in [0.717, 1.165) is 12.1 Å². The van der Waals surface area contributed by atoms with Crippen LogP contribution >= 0.6 is 11.6 Å². The molecule has 0 saturated carbocycles. The van der Waals surface area contributed by atoms with Crippen molar-refractivity contribution in [1.29, 1.82) is 0 Å². The van der Waals surface area contributed by atoms with E-state index in [2.05, 4.69) is 5.10 Å². The van der Waals surface area contributed by atoms with Crippen LogP contribution in [0.25, 0.3) is 0 Å². The highest BCUT2D eigenvalue weighted by Crippen LogP contribution is 2.33. The Kier molecular flexibility index (Phi) is 5.83. The minimum atomic E-state index is -4.62. The van der Waals surface area contributed by atoms with Crippen LogP contribution in [0.3, 0.4) is 0 Å². The minimum Gasteiger partial charge on any atom is -0.508 e. The van der Waals surface area contributed by atoms with Crippen molar-refractivity contribution in [1.82, 2.24) is 5.43 Å². The average molecular weight is 386 g/mol. The molecule has 136 valence electrons. The normalized spacial score (nSPS) is 11.4. The molecule has 0 spiro atoms. The fourth-order valence-electron chi connectivity index (χ4n) is 1.75. The van der Waals surface area contributed by atoms with Gasteiger partial charge in [0.15, 0.2) is 0 Å². The van der Waals surface area contributed by atoms with Crippen LogP contribution in [0.15, 0.2) is 47.6 Å². The number of carbonyl (C=O) groups is 2. The van der Waals surface area contributed by atoms with Crippen molar-refractivity contribution in [2.75, 3.05) is 5.32 Å². The van der Waals surface area contributed by atoms with Gasteiger partial charge in [0.1, 0.15) is 5.75 Å². The first-order chi connectivity index (χ1) is 12.2. The Balaban J connectivity index is 2.01. The van der Waals surface area contributed by atoms with Crippen molar-refractivity contribution in [3.63, 3.8) is 0 Å². The highest BCUT2D eigenvalue weighted by Gasteiger charge is 2.31. The molecule has 0 radical (unpaired) electrons. The summed E-state index contributed by atoms with van der Waals surface area (Å²) in [4.78, 5) is 23.4. The van der Waals surface area contributed by atoms with Gasteiger partial charge in [-0.25, -0.2) is 5.43 Å². The first kappa shape index (κ1) is 19.3. The van der Waals surface area contributed by atoms with Gasteiger partial charge in [-0.2, -0.15) is 18.3 Å². The van der Waals surface area contributed by atoms with E-state index >= 15 is 0 Å². The SMILES string of the molecule is O=C(NN=Cc1ccc(O)cc1)C(=O)Nc1cc(C(F)(F)F)ccc1Cl. The van der Waals surface area contributed by atoms with E-state index in [1.165, 1.54) is 30.5 Å². The molecule has 0 unspecified atom stereocenters. The molecule has 0 aromatic heterocycles. The molecule has 0 bridgehead atoms. The minimum absolute atomic E-state index is 0.0449. The number of anilines is 1. The van der Waals surface area contributed by atoms with Crippen LogP contribution in [0, 0.1) is 0 Å². The number of amides is 2. The molecule has 2 amide bonds. The van der Waals surface area contributed by atoms with Crippen LogP contribution in [0.2, 0.25) is 5.02 Å². The summed E-state index contributed by atoms with van der Waals surface area (Å²) in [6.07, 6.45) is -3.41. The van der Waals surface area contributed by atoms with Crippen molar-refractivity contribution >= 4 is 35.3 Å². The summed E-state index contributed by atoms with van der Waals surface area (Å²) in [7, 11) is 0. The number of hydrogen-bond acceptors (Lipinski definition) is 4. The molecule has 6 nitrogen and oxygen atoms in total. The molecule has 10 heteroatoms. The topological polar surface area (TPSA) is 90.8 Å². The summed E-state index contributed by atoms with van der Waals surface area (Å²) >= 11 is 5.73. The molecule has 0 aliphatic rings. The third-order valence-corrected chi connectivity index (χ3v) is 3.35. The summed E-state index contributed by atoms with van der Waals surface area (Å²) < 4.78 is 38.0. The van der Waals surface area contributed by atoms with Crippen LogP contribution < -0.4 is 10.7 Å². The second-order valence-electron chi connectivity index (χ2n) is 4.94. The number of hydrogen-bond donors (Lipinski definition) is 3. The summed E-state index contributed by atoms with van der Waals surface area (Å²) in [6.45, 7) is 0. The van der Waals surface area contributed by atoms with E-state index < -0.39 is 23.6 Å². The summed E-state index contributed by atoms with van der Waals surface area (Å²) in [5.74, 6) is -2.40. The standard InChI is InChI=1S/C16H11ClF3N3O3/c17-12-6-3-10(16(18,19)20)7-13(12)22-14(25)15(26)23-21-8-9-1-4-11(24)5-2-9/h1-8,24H,(H,22,25)(H,23,26). The van der Waals surface area contributed by atoms with E-state index in [4.69, 9.17) is 16.7 Å². The lowest BCUT2D eigenvalue weighted by Crippen LogP contribution is -2.32. The maximum atomic E-state index is 12.7. The Bertz CT molecular complexity index is 852. The van der Waals surface area contributed by atoms with Gasteiger partial charge in [0, 0.05) is 0 Å². The molecule has 0 atom stereocenters. The first-order valence-electron chi connectivity index (χ1n) is 6.97. The predicted molar refractivity (Wildman–Crippen MR) is 88.9 cm³/mol. The molecular weight excluding hydrogens is 375 g/mol. The highest BCUT2D eigenvalue weighted by atomic mass is 35.5. The molecule has 0 saturated heterocycles. The number of hydrazone groups is 1. The molecule has 0 fully saturated rings. The number of carbonyl (C=O) groups excluding carboxylic acids is 2. The van der Waals surface area contributed by atoms with Crippen molar-refractivity contribution in [3.8, 4) is 5.75 Å². The number of nitrogens with zero attached hydrogens (tertiary/aromatic N) is 1. The number of halogens is 4. The van der Waals surface area contributed by atoms with Gasteiger partial charge in [-0.1, -0.05) is 11.6 Å². The zero-order valence-corrected chi connectivity index (χ0v) is 13.6. The number of rotatable bonds is 3. The van der Waals surface area contributed by atoms with E-state index in [-0.39, 0.29) is 16.5 Å². The Morgan fingerprint density at radius 1 is 1.08 bits per heavy atom. The van der Waals surface area contributed by atoms with Crippen molar-refractivity contribution in [2.24, 2.45) is 5.10 Å². The smallest absolute Gasteiger partial charge is 0.416 e. The quantitative estimate of drug-likeness (QED) is 0.430. The zero-order chi connectivity index (χ0) is 19.3. The number of benzene rings is 2. The lowest BCUT2D eigenvalue weighted by atomic mass is 10.2. The van der Waals surface area contributed by atoms with Crippen LogP contribution in [0.5, 0.6) is 5.75 Å². The Labute approximate surface area is 150 Å². The van der Waals surface area contributed by atoms with Crippen LogP contribution in [-0.4, -0.2) is 23.1 Å². The Hall–Kier alpha value is -3.07. The fraction of sp³-hybridized carbons (Fsp3) is 0.0625. The van der Waals surface area contributed by atoms with Crippen molar-refractivity contribution < 1.29 is 27.9 Å². The van der Waals surface area contributed by atoms with Gasteiger partial charge in [0.05, 0.1) is 22.5 Å². The lowest BCUT2D eigenvalue weighted by Gasteiger charge is -2.11. The summed E-state index contributed by atoms with van der Waals surface area (Å²) in [6, 6.07) is 8.13. The maximum Gasteiger partial charge on any atom is 0.416 e. The van der Waals surface area contributed by atoms with Crippen LogP contribution in [0.4, 0.5) is 18.9 Å². The third kappa shape index (κ3) is 5.21. The number of alkyl halides is 3. The largest absolute Gasteiger partial charge is 0.508 e. The fourth-order valence-corrected chi connectivity index (χ4v) is 1.92. The second-order valence-corrected chi connectivity index (χ2v) is 5.34. The second kappa shape index (κ2) is 7.87. The molecule has 2 rings (SSSR count). The van der Waals surface area contributed by atoms with E-state index in [0.29, 0.717) is 11.6 Å². The van der Waals surface area contributed by atoms with E-state index in [1.807, 2.05) is 10.7 Å². The molecule has 0 heterocycles. The molecule has 2 aromatic rings. The van der Waals surface area contributed by atoms with E-state index in [1.54, 1.807) is 0 Å². The molecule has 0 aliphatic heterocycles. The van der Waals surface area contributed by atoms with Gasteiger partial charge in [-0.15, -0.1) is 0 Å². The summed E-state index contributed by atoms with van der Waals surface area (Å²) in [5, 5.41) is 14.5. The van der Waals surface area contributed by atoms with Crippen molar-refractivity contribution in [3.05, 3.63) is 58.6 Å². The highest BCUT2D eigenvalue weighted by molar-refractivity contribution is 6.41. The van der Waals surface area contributed by atoms with Gasteiger partial charge in [0.25, 0.3) is 0 Å². The molecular formula is C16H11ClF3N3O3.